The van der Waals surface area contributed by atoms with Crippen LogP contribution in [-0.2, 0) is 4.74 Å². The Morgan fingerprint density at radius 2 is 2.25 bits per heavy atom. The fraction of sp³-hybridized carbons (Fsp3) is 0.500. The van der Waals surface area contributed by atoms with Crippen molar-refractivity contribution in [1.82, 2.24) is 0 Å². The van der Waals surface area contributed by atoms with Gasteiger partial charge in [0, 0.05) is 0 Å². The third-order valence-corrected chi connectivity index (χ3v) is 2.85. The Morgan fingerprint density at radius 3 is 2.58 bits per heavy atom. The highest BCUT2D eigenvalue weighted by molar-refractivity contribution is 5.43. The van der Waals surface area contributed by atoms with E-state index < -0.39 is 11.2 Å². The third kappa shape index (κ3) is 0.627. The number of hydrogen-bond donors (Lipinski definition) is 0. The minimum Gasteiger partial charge on any atom is -0.355 e. The molecule has 1 unspecified atom stereocenters. The number of hydrogen-bond acceptors (Lipinski definition) is 2. The molecule has 2 rings (SSSR count). The van der Waals surface area contributed by atoms with Crippen molar-refractivity contribution >= 4 is 0 Å². The van der Waals surface area contributed by atoms with Gasteiger partial charge in [0.1, 0.15) is 17.1 Å². The molecule has 0 saturated carbocycles. The first-order valence-electron chi connectivity index (χ1n) is 4.01. The molecule has 0 aliphatic carbocycles. The summed E-state index contributed by atoms with van der Waals surface area (Å²) in [6.45, 7) is 7.79. The summed E-state index contributed by atoms with van der Waals surface area (Å²) in [5.74, 6) is -0.188. The van der Waals surface area contributed by atoms with Gasteiger partial charge >= 0.3 is 0 Å². The summed E-state index contributed by atoms with van der Waals surface area (Å²) in [4.78, 5) is 0. The lowest BCUT2D eigenvalue weighted by atomic mass is 9.78. The lowest BCUT2D eigenvalue weighted by molar-refractivity contribution is -0.0109. The summed E-state index contributed by atoms with van der Waals surface area (Å²) in [6.07, 6.45) is 3.96. The van der Waals surface area contributed by atoms with Crippen LogP contribution in [0.2, 0.25) is 0 Å². The fourth-order valence-corrected chi connectivity index (χ4v) is 2.02. The molecule has 3 atom stereocenters. The average molecular weight is 161 g/mol. The van der Waals surface area contributed by atoms with E-state index in [4.69, 9.17) is 10.00 Å². The highest BCUT2D eigenvalue weighted by Gasteiger charge is 2.56. The van der Waals surface area contributed by atoms with Crippen molar-refractivity contribution in [2.24, 2.45) is 5.92 Å². The van der Waals surface area contributed by atoms with Gasteiger partial charge in [0.25, 0.3) is 0 Å². The van der Waals surface area contributed by atoms with Crippen LogP contribution in [0.3, 0.4) is 0 Å². The highest BCUT2D eigenvalue weighted by Crippen LogP contribution is 2.51. The quantitative estimate of drug-likeness (QED) is 0.507. The summed E-state index contributed by atoms with van der Waals surface area (Å²) >= 11 is 0. The predicted molar refractivity (Wildman–Crippen MR) is 45.3 cm³/mol. The molecular formula is C10H11NO. The van der Waals surface area contributed by atoms with Crippen molar-refractivity contribution in [1.29, 1.82) is 5.26 Å². The Bertz CT molecular complexity index is 325. The van der Waals surface area contributed by atoms with Crippen molar-refractivity contribution in [3.63, 3.8) is 0 Å². The van der Waals surface area contributed by atoms with E-state index in [1.165, 1.54) is 0 Å². The molecule has 0 amide bonds. The molecule has 2 nitrogen and oxygen atoms in total. The van der Waals surface area contributed by atoms with Crippen molar-refractivity contribution in [2.75, 3.05) is 0 Å². The number of fused-ring (bicyclic) bond motifs is 2. The minimum absolute atomic E-state index is 0.188. The van der Waals surface area contributed by atoms with Gasteiger partial charge in [0.15, 0.2) is 0 Å². The van der Waals surface area contributed by atoms with E-state index in [0.29, 0.717) is 0 Å². The van der Waals surface area contributed by atoms with E-state index in [2.05, 4.69) is 12.6 Å². The Hall–Kier alpha value is -1.07. The van der Waals surface area contributed by atoms with Crippen molar-refractivity contribution < 1.29 is 4.74 Å². The van der Waals surface area contributed by atoms with Crippen LogP contribution >= 0.6 is 0 Å². The van der Waals surface area contributed by atoms with Crippen LogP contribution in [0.15, 0.2) is 24.3 Å². The van der Waals surface area contributed by atoms with Gasteiger partial charge in [-0.15, -0.1) is 0 Å². The second kappa shape index (κ2) is 1.81. The maximum Gasteiger partial charge on any atom is 0.107 e. The van der Waals surface area contributed by atoms with E-state index in [1.54, 1.807) is 0 Å². The molecule has 62 valence electrons. The monoisotopic (exact) mass is 161 g/mol. The number of nitrogens with zero attached hydrogens (tertiary/aromatic N) is 1. The molecule has 2 heteroatoms. The second-order valence-corrected chi connectivity index (χ2v) is 3.81. The van der Waals surface area contributed by atoms with Crippen molar-refractivity contribution in [3.05, 3.63) is 24.3 Å². The second-order valence-electron chi connectivity index (χ2n) is 3.81. The third-order valence-electron chi connectivity index (χ3n) is 2.85. The Morgan fingerprint density at radius 1 is 1.58 bits per heavy atom. The number of ether oxygens (including phenoxy) is 1. The van der Waals surface area contributed by atoms with E-state index in [9.17, 15) is 0 Å². The molecule has 1 saturated heterocycles. The summed E-state index contributed by atoms with van der Waals surface area (Å²) in [5, 5.41) is 8.91. The summed E-state index contributed by atoms with van der Waals surface area (Å²) < 4.78 is 5.73. The van der Waals surface area contributed by atoms with E-state index in [-0.39, 0.29) is 5.92 Å². The molecule has 0 aromatic heterocycles. The Labute approximate surface area is 72.1 Å². The smallest absolute Gasteiger partial charge is 0.107 e. The van der Waals surface area contributed by atoms with Crippen LogP contribution in [-0.4, -0.2) is 11.2 Å². The van der Waals surface area contributed by atoms with Crippen molar-refractivity contribution in [3.8, 4) is 6.07 Å². The molecule has 1 fully saturated rings. The molecule has 0 radical (unpaired) electrons. The van der Waals surface area contributed by atoms with Gasteiger partial charge in [-0.25, -0.2) is 0 Å². The number of nitriles is 1. The van der Waals surface area contributed by atoms with Gasteiger partial charge in [0.05, 0.1) is 6.07 Å². The molecule has 12 heavy (non-hydrogen) atoms. The molecule has 2 heterocycles. The van der Waals surface area contributed by atoms with Crippen LogP contribution in [0, 0.1) is 17.2 Å². The normalized spacial score (nSPS) is 49.8. The summed E-state index contributed by atoms with van der Waals surface area (Å²) in [6, 6.07) is 2.24. The van der Waals surface area contributed by atoms with Crippen LogP contribution in [0.25, 0.3) is 0 Å². The molecule has 2 aliphatic rings. The van der Waals surface area contributed by atoms with Crippen LogP contribution in [0.1, 0.15) is 13.8 Å². The van der Waals surface area contributed by atoms with Gasteiger partial charge < -0.3 is 4.74 Å². The Kier molecular flexibility index (Phi) is 1.14. The molecular weight excluding hydrogens is 150 g/mol. The van der Waals surface area contributed by atoms with Crippen molar-refractivity contribution in [2.45, 2.75) is 25.0 Å². The van der Waals surface area contributed by atoms with Crippen LogP contribution < -0.4 is 0 Å². The fourth-order valence-electron chi connectivity index (χ4n) is 2.02. The zero-order valence-electron chi connectivity index (χ0n) is 7.29. The molecule has 0 spiro atoms. The van der Waals surface area contributed by atoms with E-state index in [1.807, 2.05) is 26.0 Å². The van der Waals surface area contributed by atoms with E-state index in [0.717, 1.165) is 5.57 Å². The zero-order valence-corrected chi connectivity index (χ0v) is 7.29. The van der Waals surface area contributed by atoms with Gasteiger partial charge in [-0.3, -0.25) is 0 Å². The largest absolute Gasteiger partial charge is 0.355 e. The van der Waals surface area contributed by atoms with Crippen LogP contribution in [0.4, 0.5) is 0 Å². The van der Waals surface area contributed by atoms with Gasteiger partial charge in [-0.05, 0) is 19.4 Å². The van der Waals surface area contributed by atoms with E-state index >= 15 is 0 Å². The maximum atomic E-state index is 8.91. The number of rotatable bonds is 0. The first kappa shape index (κ1) is 7.57. The first-order chi connectivity index (χ1) is 5.52. The lowest BCUT2D eigenvalue weighted by Gasteiger charge is -2.20. The summed E-state index contributed by atoms with van der Waals surface area (Å²) in [5.41, 5.74) is 0.0606. The molecule has 2 bridgehead atoms. The standard InChI is InChI=1S/C10H11NO/c1-7-8(6-11)10(3)5-4-9(7,2)12-10/h4-5,8H,1H2,2-3H3/t8?,9-,10+/m0/s1. The summed E-state index contributed by atoms with van der Waals surface area (Å²) in [7, 11) is 0. The topological polar surface area (TPSA) is 33.0 Å². The van der Waals surface area contributed by atoms with Crippen LogP contribution in [0.5, 0.6) is 0 Å². The molecule has 0 aromatic carbocycles. The highest BCUT2D eigenvalue weighted by atomic mass is 16.5. The molecule has 0 N–H and O–H groups in total. The Balaban J connectivity index is 2.53. The maximum absolute atomic E-state index is 8.91. The first-order valence-corrected chi connectivity index (χ1v) is 4.01. The molecule has 2 aliphatic heterocycles. The van der Waals surface area contributed by atoms with Gasteiger partial charge in [-0.1, -0.05) is 18.7 Å². The predicted octanol–water partition coefficient (Wildman–Crippen LogP) is 1.80. The lowest BCUT2D eigenvalue weighted by Crippen LogP contribution is -2.27. The minimum atomic E-state index is -0.430. The van der Waals surface area contributed by atoms with Gasteiger partial charge in [-0.2, -0.15) is 5.26 Å². The SMILES string of the molecule is C=C1C(C#N)[C@@]2(C)C=C[C@]1(C)O2. The zero-order chi connectivity index (χ0) is 8.98. The molecule has 0 aromatic rings. The average Bonchev–Trinajstić information content (AvgIpc) is 2.38. The van der Waals surface area contributed by atoms with Gasteiger partial charge in [0.2, 0.25) is 0 Å².